The van der Waals surface area contributed by atoms with Gasteiger partial charge >= 0.3 is 0 Å². The van der Waals surface area contributed by atoms with E-state index in [1.54, 1.807) is 12.1 Å². The van der Waals surface area contributed by atoms with E-state index in [0.29, 0.717) is 23.0 Å². The first-order chi connectivity index (χ1) is 9.97. The van der Waals surface area contributed by atoms with E-state index in [9.17, 15) is 4.79 Å². The number of nitrogens with one attached hydrogen (secondary N) is 1. The second kappa shape index (κ2) is 6.64. The molecule has 3 nitrogen and oxygen atoms in total. The maximum absolute atomic E-state index is 11.1. The Morgan fingerprint density at radius 2 is 1.86 bits per heavy atom. The minimum Gasteiger partial charge on any atom is -0.381 e. The first kappa shape index (κ1) is 15.4. The molecule has 0 aliphatic carbocycles. The standard InChI is InChI=1S/C17H19ClN2O/c1-11(2)12-5-7-15(8-6-12)20-10-14-4-3-13(17(19)21)9-16(14)18/h3-9,11,20H,10H2,1-2H3,(H2,19,21). The summed E-state index contributed by atoms with van der Waals surface area (Å²) in [4.78, 5) is 11.1. The fourth-order valence-electron chi connectivity index (χ4n) is 2.03. The van der Waals surface area contributed by atoms with E-state index in [2.05, 4.69) is 43.4 Å². The molecule has 0 saturated heterocycles. The number of carbonyl (C=O) groups excluding carboxylic acids is 1. The average molecular weight is 303 g/mol. The highest BCUT2D eigenvalue weighted by Crippen LogP contribution is 2.21. The Balaban J connectivity index is 2.04. The highest BCUT2D eigenvalue weighted by atomic mass is 35.5. The van der Waals surface area contributed by atoms with Crippen molar-refractivity contribution < 1.29 is 4.79 Å². The molecule has 21 heavy (non-hydrogen) atoms. The molecule has 0 unspecified atom stereocenters. The molecular weight excluding hydrogens is 284 g/mol. The van der Waals surface area contributed by atoms with Gasteiger partial charge in [0.15, 0.2) is 0 Å². The number of rotatable bonds is 5. The van der Waals surface area contributed by atoms with Gasteiger partial charge in [0.25, 0.3) is 0 Å². The SMILES string of the molecule is CC(C)c1ccc(NCc2ccc(C(N)=O)cc2Cl)cc1. The lowest BCUT2D eigenvalue weighted by Crippen LogP contribution is -2.11. The lowest BCUT2D eigenvalue weighted by molar-refractivity contribution is 0.100. The molecule has 0 fully saturated rings. The molecule has 2 aromatic carbocycles. The predicted molar refractivity (Wildman–Crippen MR) is 87.8 cm³/mol. The predicted octanol–water partition coefficient (Wildman–Crippen LogP) is 4.17. The molecule has 0 radical (unpaired) electrons. The second-order valence-electron chi connectivity index (χ2n) is 5.30. The topological polar surface area (TPSA) is 55.1 Å². The van der Waals surface area contributed by atoms with Gasteiger partial charge in [-0.2, -0.15) is 0 Å². The molecule has 0 saturated carbocycles. The minimum atomic E-state index is -0.472. The van der Waals surface area contributed by atoms with Crippen molar-refractivity contribution >= 4 is 23.2 Å². The van der Waals surface area contributed by atoms with Gasteiger partial charge in [0, 0.05) is 22.8 Å². The van der Waals surface area contributed by atoms with Crippen molar-refractivity contribution in [3.63, 3.8) is 0 Å². The Labute approximate surface area is 130 Å². The van der Waals surface area contributed by atoms with Gasteiger partial charge in [0.2, 0.25) is 5.91 Å². The summed E-state index contributed by atoms with van der Waals surface area (Å²) in [6.45, 7) is 4.93. The maximum Gasteiger partial charge on any atom is 0.248 e. The summed E-state index contributed by atoms with van der Waals surface area (Å²) in [6.07, 6.45) is 0. The molecule has 4 heteroatoms. The highest BCUT2D eigenvalue weighted by Gasteiger charge is 2.06. The van der Waals surface area contributed by atoms with Gasteiger partial charge in [-0.1, -0.05) is 43.6 Å². The molecule has 0 aliphatic rings. The van der Waals surface area contributed by atoms with Gasteiger partial charge in [0.05, 0.1) is 0 Å². The van der Waals surface area contributed by atoms with Crippen LogP contribution >= 0.6 is 11.6 Å². The van der Waals surface area contributed by atoms with E-state index in [-0.39, 0.29) is 0 Å². The number of benzene rings is 2. The lowest BCUT2D eigenvalue weighted by atomic mass is 10.0. The van der Waals surface area contributed by atoms with Crippen LogP contribution in [-0.2, 0) is 6.54 Å². The fraction of sp³-hybridized carbons (Fsp3) is 0.235. The van der Waals surface area contributed by atoms with Crippen molar-refractivity contribution in [1.29, 1.82) is 0 Å². The van der Waals surface area contributed by atoms with E-state index in [0.717, 1.165) is 11.3 Å². The summed E-state index contributed by atoms with van der Waals surface area (Å²) in [7, 11) is 0. The van der Waals surface area contributed by atoms with Crippen LogP contribution in [0.4, 0.5) is 5.69 Å². The number of nitrogens with two attached hydrogens (primary N) is 1. The van der Waals surface area contributed by atoms with Gasteiger partial charge in [-0.05, 0) is 41.3 Å². The van der Waals surface area contributed by atoms with Gasteiger partial charge in [-0.25, -0.2) is 0 Å². The molecule has 2 rings (SSSR count). The van der Waals surface area contributed by atoms with Gasteiger partial charge < -0.3 is 11.1 Å². The third-order valence-electron chi connectivity index (χ3n) is 3.40. The van der Waals surface area contributed by atoms with Crippen LogP contribution in [0.2, 0.25) is 5.02 Å². The second-order valence-corrected chi connectivity index (χ2v) is 5.71. The van der Waals surface area contributed by atoms with Crippen molar-refractivity contribution in [2.45, 2.75) is 26.3 Å². The molecule has 2 aromatic rings. The summed E-state index contributed by atoms with van der Waals surface area (Å²) < 4.78 is 0. The number of halogens is 1. The van der Waals surface area contributed by atoms with Crippen molar-refractivity contribution in [2.24, 2.45) is 5.73 Å². The van der Waals surface area contributed by atoms with Crippen LogP contribution < -0.4 is 11.1 Å². The molecule has 0 heterocycles. The third kappa shape index (κ3) is 3.99. The number of hydrogen-bond donors (Lipinski definition) is 2. The molecule has 110 valence electrons. The zero-order chi connectivity index (χ0) is 15.4. The quantitative estimate of drug-likeness (QED) is 0.870. The Hall–Kier alpha value is -2.00. The molecule has 0 spiro atoms. The minimum absolute atomic E-state index is 0.421. The van der Waals surface area contributed by atoms with Crippen LogP contribution in [0.15, 0.2) is 42.5 Å². The number of carbonyl (C=O) groups is 1. The van der Waals surface area contributed by atoms with Crippen molar-refractivity contribution in [3.05, 3.63) is 64.2 Å². The van der Waals surface area contributed by atoms with Crippen LogP contribution in [0.5, 0.6) is 0 Å². The van der Waals surface area contributed by atoms with Crippen molar-refractivity contribution in [2.75, 3.05) is 5.32 Å². The average Bonchev–Trinajstić information content (AvgIpc) is 2.46. The van der Waals surface area contributed by atoms with E-state index >= 15 is 0 Å². The lowest BCUT2D eigenvalue weighted by Gasteiger charge is -2.11. The Morgan fingerprint density at radius 3 is 2.38 bits per heavy atom. The van der Waals surface area contributed by atoms with Crippen molar-refractivity contribution in [1.82, 2.24) is 0 Å². The molecule has 0 atom stereocenters. The number of hydrogen-bond acceptors (Lipinski definition) is 2. The summed E-state index contributed by atoms with van der Waals surface area (Å²) in [6, 6.07) is 13.4. The number of amides is 1. The number of anilines is 1. The Kier molecular flexibility index (Phi) is 4.86. The van der Waals surface area contributed by atoms with Gasteiger partial charge in [-0.3, -0.25) is 4.79 Å². The van der Waals surface area contributed by atoms with Gasteiger partial charge in [0.1, 0.15) is 0 Å². The van der Waals surface area contributed by atoms with Crippen LogP contribution in [0, 0.1) is 0 Å². The van der Waals surface area contributed by atoms with Crippen molar-refractivity contribution in [3.8, 4) is 0 Å². The van der Waals surface area contributed by atoms with Crippen LogP contribution in [0.3, 0.4) is 0 Å². The number of primary amides is 1. The van der Waals surface area contributed by atoms with Crippen LogP contribution in [0.1, 0.15) is 41.3 Å². The largest absolute Gasteiger partial charge is 0.381 e. The van der Waals surface area contributed by atoms with E-state index in [4.69, 9.17) is 17.3 Å². The first-order valence-electron chi connectivity index (χ1n) is 6.89. The summed E-state index contributed by atoms with van der Waals surface area (Å²) in [5.74, 6) is 0.0514. The smallest absolute Gasteiger partial charge is 0.248 e. The molecule has 0 aromatic heterocycles. The Bertz CT molecular complexity index is 636. The highest BCUT2D eigenvalue weighted by molar-refractivity contribution is 6.31. The Morgan fingerprint density at radius 1 is 1.19 bits per heavy atom. The fourth-order valence-corrected chi connectivity index (χ4v) is 2.27. The van der Waals surface area contributed by atoms with Crippen LogP contribution in [0.25, 0.3) is 0 Å². The normalized spacial score (nSPS) is 10.7. The van der Waals surface area contributed by atoms with Gasteiger partial charge in [-0.15, -0.1) is 0 Å². The van der Waals surface area contributed by atoms with E-state index < -0.39 is 5.91 Å². The molecule has 0 bridgehead atoms. The van der Waals surface area contributed by atoms with E-state index in [1.165, 1.54) is 5.56 Å². The summed E-state index contributed by atoms with van der Waals surface area (Å²) >= 11 is 6.16. The molecule has 0 aliphatic heterocycles. The zero-order valence-corrected chi connectivity index (χ0v) is 12.9. The molecule has 3 N–H and O–H groups in total. The summed E-state index contributed by atoms with van der Waals surface area (Å²) in [5, 5.41) is 3.86. The zero-order valence-electron chi connectivity index (χ0n) is 12.2. The molecule has 1 amide bonds. The third-order valence-corrected chi connectivity index (χ3v) is 3.75. The maximum atomic E-state index is 11.1. The first-order valence-corrected chi connectivity index (χ1v) is 7.27. The molecular formula is C17H19ClN2O. The monoisotopic (exact) mass is 302 g/mol. The van der Waals surface area contributed by atoms with Crippen LogP contribution in [-0.4, -0.2) is 5.91 Å². The van der Waals surface area contributed by atoms with E-state index in [1.807, 2.05) is 6.07 Å². The summed E-state index contributed by atoms with van der Waals surface area (Å²) in [5.41, 5.74) is 8.92.